The van der Waals surface area contributed by atoms with Crippen LogP contribution in [0.15, 0.2) is 47.8 Å². The lowest BCUT2D eigenvalue weighted by Crippen LogP contribution is -2.50. The molecule has 35 heavy (non-hydrogen) atoms. The van der Waals surface area contributed by atoms with Crippen LogP contribution in [0.2, 0.25) is 5.02 Å². The quantitative estimate of drug-likeness (QED) is 0.400. The Kier molecular flexibility index (Phi) is 4.93. The van der Waals surface area contributed by atoms with Crippen molar-refractivity contribution in [3.8, 4) is 5.69 Å². The number of benzene rings is 1. The molecule has 1 aliphatic carbocycles. The van der Waals surface area contributed by atoms with Gasteiger partial charge in [-0.2, -0.15) is 0 Å². The minimum Gasteiger partial charge on any atom is -0.344 e. The molecule has 0 saturated heterocycles. The van der Waals surface area contributed by atoms with E-state index in [1.807, 2.05) is 31.9 Å². The van der Waals surface area contributed by atoms with E-state index in [2.05, 4.69) is 9.55 Å². The van der Waals surface area contributed by atoms with Gasteiger partial charge in [-0.05, 0) is 63.4 Å². The zero-order valence-corrected chi connectivity index (χ0v) is 20.5. The van der Waals surface area contributed by atoms with Gasteiger partial charge in [-0.3, -0.25) is 9.59 Å². The van der Waals surface area contributed by atoms with Gasteiger partial charge in [-0.1, -0.05) is 11.6 Å². The molecule has 1 fully saturated rings. The first-order chi connectivity index (χ1) is 16.7. The third-order valence-corrected chi connectivity index (χ3v) is 7.52. The molecule has 1 amide bonds. The summed E-state index contributed by atoms with van der Waals surface area (Å²) < 4.78 is 19.7. The van der Waals surface area contributed by atoms with Crippen LogP contribution in [-0.4, -0.2) is 35.5 Å². The monoisotopic (exact) mass is 493 g/mol. The first-order valence-electron chi connectivity index (χ1n) is 11.8. The Balaban J connectivity index is 1.42. The Morgan fingerprint density at radius 3 is 2.63 bits per heavy atom. The highest BCUT2D eigenvalue weighted by Gasteiger charge is 2.36. The Labute approximate surface area is 206 Å². The number of aryl methyl sites for hydroxylation is 1. The van der Waals surface area contributed by atoms with E-state index in [0.717, 1.165) is 35.0 Å². The summed E-state index contributed by atoms with van der Waals surface area (Å²) in [4.78, 5) is 33.0. The number of fused-ring (bicyclic) bond motifs is 2. The zero-order valence-electron chi connectivity index (χ0n) is 19.7. The van der Waals surface area contributed by atoms with E-state index in [1.54, 1.807) is 39.9 Å². The van der Waals surface area contributed by atoms with Crippen molar-refractivity contribution in [2.75, 3.05) is 0 Å². The Morgan fingerprint density at radius 2 is 1.94 bits per heavy atom. The third-order valence-electron chi connectivity index (χ3n) is 7.23. The van der Waals surface area contributed by atoms with E-state index < -0.39 is 5.82 Å². The topological polar surface area (TPSA) is 65.1 Å². The fourth-order valence-corrected chi connectivity index (χ4v) is 5.50. The van der Waals surface area contributed by atoms with Gasteiger partial charge in [-0.25, -0.2) is 9.37 Å². The van der Waals surface area contributed by atoms with Crippen molar-refractivity contribution in [1.29, 1.82) is 0 Å². The van der Waals surface area contributed by atoms with Gasteiger partial charge in [0.1, 0.15) is 17.2 Å². The number of imidazole rings is 1. The van der Waals surface area contributed by atoms with Gasteiger partial charge in [-0.15, -0.1) is 0 Å². The molecule has 0 unspecified atom stereocenters. The van der Waals surface area contributed by atoms with Crippen LogP contribution in [0.4, 0.5) is 4.39 Å². The number of hydrogen-bond acceptors (Lipinski definition) is 3. The lowest BCUT2D eigenvalue weighted by molar-refractivity contribution is 0.0512. The van der Waals surface area contributed by atoms with Crippen LogP contribution < -0.4 is 5.56 Å². The number of carbonyl (C=O) groups is 1. The maximum absolute atomic E-state index is 14.3. The second-order valence-corrected chi connectivity index (χ2v) is 10.1. The smallest absolute Gasteiger partial charge is 0.275 e. The number of carbonyl (C=O) groups excluding carboxylic acids is 1. The Hall–Kier alpha value is -3.39. The predicted octanol–water partition coefficient (Wildman–Crippen LogP) is 5.03. The van der Waals surface area contributed by atoms with Crippen molar-refractivity contribution in [1.82, 2.24) is 23.6 Å². The SMILES string of the molecule is Cc1cn(-c2ccc3n(c2=O)C[C@H](C)N([C@H](C)c2cn(C4CC4)c4cc(F)c(Cl)cc24)C3=O)cn1. The molecule has 3 aromatic heterocycles. The van der Waals surface area contributed by atoms with Gasteiger partial charge in [0, 0.05) is 36.4 Å². The molecule has 180 valence electrons. The van der Waals surface area contributed by atoms with E-state index in [4.69, 9.17) is 11.6 Å². The number of halogens is 2. The van der Waals surface area contributed by atoms with Gasteiger partial charge in [0.05, 0.1) is 28.6 Å². The molecule has 6 rings (SSSR count). The highest BCUT2D eigenvalue weighted by atomic mass is 35.5. The summed E-state index contributed by atoms with van der Waals surface area (Å²) in [6.07, 6.45) is 7.53. The number of aromatic nitrogens is 4. The summed E-state index contributed by atoms with van der Waals surface area (Å²) in [5, 5.41) is 0.918. The van der Waals surface area contributed by atoms with E-state index >= 15 is 0 Å². The molecule has 0 radical (unpaired) electrons. The summed E-state index contributed by atoms with van der Waals surface area (Å²) in [5.74, 6) is -0.653. The van der Waals surface area contributed by atoms with E-state index in [1.165, 1.54) is 6.07 Å². The predicted molar refractivity (Wildman–Crippen MR) is 132 cm³/mol. The normalized spacial score (nSPS) is 18.8. The molecule has 0 spiro atoms. The minimum atomic E-state index is -0.446. The molecule has 0 bridgehead atoms. The molecule has 0 N–H and O–H groups in total. The first kappa shape index (κ1) is 22.1. The van der Waals surface area contributed by atoms with Gasteiger partial charge >= 0.3 is 0 Å². The minimum absolute atomic E-state index is 0.0664. The van der Waals surface area contributed by atoms with Crippen LogP contribution in [0.5, 0.6) is 0 Å². The highest BCUT2D eigenvalue weighted by molar-refractivity contribution is 6.31. The molecular formula is C26H25ClFN5O2. The molecule has 1 aromatic carbocycles. The second-order valence-electron chi connectivity index (χ2n) is 9.69. The van der Waals surface area contributed by atoms with Crippen LogP contribution in [0.3, 0.4) is 0 Å². The second kappa shape index (κ2) is 7.81. The lowest BCUT2D eigenvalue weighted by atomic mass is 10.0. The summed E-state index contributed by atoms with van der Waals surface area (Å²) in [5.41, 5.74) is 3.12. The van der Waals surface area contributed by atoms with Crippen LogP contribution in [0.25, 0.3) is 16.6 Å². The maximum Gasteiger partial charge on any atom is 0.275 e. The van der Waals surface area contributed by atoms with Crippen LogP contribution in [0, 0.1) is 12.7 Å². The largest absolute Gasteiger partial charge is 0.344 e. The summed E-state index contributed by atoms with van der Waals surface area (Å²) in [7, 11) is 0. The van der Waals surface area contributed by atoms with Crippen LogP contribution in [-0.2, 0) is 6.54 Å². The lowest BCUT2D eigenvalue weighted by Gasteiger charge is -2.39. The number of pyridine rings is 1. The molecule has 2 atom stereocenters. The van der Waals surface area contributed by atoms with E-state index in [9.17, 15) is 14.0 Å². The van der Waals surface area contributed by atoms with Crippen molar-refractivity contribution in [2.45, 2.75) is 58.3 Å². The van der Waals surface area contributed by atoms with Crippen molar-refractivity contribution in [3.63, 3.8) is 0 Å². The zero-order chi connectivity index (χ0) is 24.6. The van der Waals surface area contributed by atoms with Gasteiger partial charge in [0.2, 0.25) is 0 Å². The first-order valence-corrected chi connectivity index (χ1v) is 12.2. The van der Waals surface area contributed by atoms with Crippen LogP contribution in [0.1, 0.15) is 60.5 Å². The fourth-order valence-electron chi connectivity index (χ4n) is 5.33. The molecule has 4 heterocycles. The maximum atomic E-state index is 14.3. The van der Waals surface area contributed by atoms with Crippen molar-refractivity contribution >= 4 is 28.4 Å². The van der Waals surface area contributed by atoms with E-state index in [0.29, 0.717) is 24.0 Å². The van der Waals surface area contributed by atoms with Gasteiger partial charge < -0.3 is 18.6 Å². The van der Waals surface area contributed by atoms with Gasteiger partial charge in [0.25, 0.3) is 11.5 Å². The van der Waals surface area contributed by atoms with Crippen molar-refractivity contribution in [2.24, 2.45) is 0 Å². The van der Waals surface area contributed by atoms with Crippen molar-refractivity contribution in [3.05, 3.63) is 81.1 Å². The molecule has 4 aromatic rings. The average Bonchev–Trinajstić information content (AvgIpc) is 3.47. The number of hydrogen-bond donors (Lipinski definition) is 0. The standard InChI is InChI=1S/C26H25ClFN5O2/c1-14-10-30(13-29-14)22-6-7-23-26(35)33(15(2)11-32(23)25(22)34)16(3)19-12-31(17-4-5-17)24-9-21(28)20(27)8-18(19)24/h6-10,12-13,15-17H,4-5,11H2,1-3H3/t15-,16+/m0/s1. The molecule has 1 saturated carbocycles. The van der Waals surface area contributed by atoms with E-state index in [-0.39, 0.29) is 28.6 Å². The fraction of sp³-hybridized carbons (Fsp3) is 0.346. The summed E-state index contributed by atoms with van der Waals surface area (Å²) >= 11 is 6.15. The molecule has 2 aliphatic rings. The van der Waals surface area contributed by atoms with Gasteiger partial charge in [0.15, 0.2) is 0 Å². The molecular weight excluding hydrogens is 469 g/mol. The summed E-state index contributed by atoms with van der Waals surface area (Å²) in [6, 6.07) is 6.36. The number of rotatable bonds is 4. The Morgan fingerprint density at radius 1 is 1.17 bits per heavy atom. The average molecular weight is 494 g/mol. The number of amides is 1. The third kappa shape index (κ3) is 3.42. The van der Waals surface area contributed by atoms with Crippen LogP contribution >= 0.6 is 11.6 Å². The summed E-state index contributed by atoms with van der Waals surface area (Å²) in [6.45, 7) is 6.17. The molecule has 7 nitrogen and oxygen atoms in total. The molecule has 9 heteroatoms. The van der Waals surface area contributed by atoms with Crippen molar-refractivity contribution < 1.29 is 9.18 Å². The highest BCUT2D eigenvalue weighted by Crippen LogP contribution is 2.42. The number of nitrogens with zero attached hydrogens (tertiary/aromatic N) is 5. The Bertz CT molecular complexity index is 1560. The molecule has 1 aliphatic heterocycles.